The number of primary amides is 1. The minimum Gasteiger partial charge on any atom is -0.491 e. The molecule has 0 saturated carbocycles. The molecule has 1 aliphatic heterocycles. The smallest absolute Gasteiger partial charge is 0.295 e. The highest BCUT2D eigenvalue weighted by atomic mass is 19.1. The predicted octanol–water partition coefficient (Wildman–Crippen LogP) is 3.74. The zero-order chi connectivity index (χ0) is 23.4. The molecule has 0 spiro atoms. The van der Waals surface area contributed by atoms with E-state index in [9.17, 15) is 9.18 Å². The summed E-state index contributed by atoms with van der Waals surface area (Å²) in [4.78, 5) is 18.3. The van der Waals surface area contributed by atoms with Crippen LogP contribution in [0.2, 0.25) is 0 Å². The third-order valence-corrected chi connectivity index (χ3v) is 5.60. The molecule has 1 aliphatic rings. The van der Waals surface area contributed by atoms with Crippen LogP contribution in [-0.4, -0.2) is 48.1 Å². The van der Waals surface area contributed by atoms with Gasteiger partial charge in [-0.25, -0.2) is 0 Å². The van der Waals surface area contributed by atoms with Gasteiger partial charge in [-0.1, -0.05) is 0 Å². The monoisotopic (exact) mass is 455 g/mol. The van der Waals surface area contributed by atoms with Crippen LogP contribution in [0.5, 0.6) is 11.5 Å². The van der Waals surface area contributed by atoms with E-state index < -0.39 is 11.7 Å². The lowest BCUT2D eigenvalue weighted by atomic mass is 10.0. The topological polar surface area (TPSA) is 103 Å². The van der Waals surface area contributed by atoms with E-state index in [2.05, 4.69) is 21.3 Å². The van der Waals surface area contributed by atoms with Crippen molar-refractivity contribution in [1.29, 1.82) is 0 Å². The lowest BCUT2D eigenvalue weighted by molar-refractivity contribution is 0.100. The summed E-state index contributed by atoms with van der Waals surface area (Å²) in [5, 5.41) is 3.31. The maximum atomic E-state index is 14.5. The number of oxazole rings is 1. The minimum atomic E-state index is -0.553. The van der Waals surface area contributed by atoms with Crippen LogP contribution in [0.3, 0.4) is 0 Å². The maximum Gasteiger partial charge on any atom is 0.295 e. The molecule has 4 rings (SSSR count). The molecule has 1 radical (unpaired) electrons. The molecule has 1 fully saturated rings. The number of halogens is 1. The lowest BCUT2D eigenvalue weighted by Gasteiger charge is -2.32. The standard InChI is InChI=1S/C24H28FN4O4/c1-3-31-19-12-15(13-20(21(19)25)32-4-2)14-29-10-8-16(9-11-29)27-24-28-22-17(23(26)30)6-5-7-18(22)33-24/h5-6,12-13,16H,3-4,8-11,14H2,1-2H3,(H2,26,30)(H,27,28). The molecule has 1 aromatic heterocycles. The Morgan fingerprint density at radius 1 is 1.27 bits per heavy atom. The second-order valence-corrected chi connectivity index (χ2v) is 7.92. The average molecular weight is 456 g/mol. The van der Waals surface area contributed by atoms with Crippen LogP contribution in [0.1, 0.15) is 42.6 Å². The van der Waals surface area contributed by atoms with Gasteiger partial charge in [-0.15, -0.1) is 0 Å². The van der Waals surface area contributed by atoms with Crippen LogP contribution in [-0.2, 0) is 6.54 Å². The van der Waals surface area contributed by atoms with Gasteiger partial charge in [0.25, 0.3) is 11.9 Å². The quantitative estimate of drug-likeness (QED) is 0.507. The number of aromatic nitrogens is 1. The van der Waals surface area contributed by atoms with Crippen molar-refractivity contribution in [2.24, 2.45) is 5.73 Å². The zero-order valence-corrected chi connectivity index (χ0v) is 18.8. The van der Waals surface area contributed by atoms with Gasteiger partial charge in [0, 0.05) is 31.7 Å². The molecule has 0 aliphatic carbocycles. The first kappa shape index (κ1) is 22.8. The molecule has 3 aromatic rings. The molecule has 175 valence electrons. The van der Waals surface area contributed by atoms with E-state index in [1.807, 2.05) is 13.8 Å². The van der Waals surface area contributed by atoms with E-state index in [0.29, 0.717) is 42.4 Å². The van der Waals surface area contributed by atoms with Crippen molar-refractivity contribution in [3.63, 3.8) is 0 Å². The van der Waals surface area contributed by atoms with Crippen LogP contribution in [0, 0.1) is 11.9 Å². The van der Waals surface area contributed by atoms with Gasteiger partial charge in [0.2, 0.25) is 5.82 Å². The van der Waals surface area contributed by atoms with E-state index in [1.54, 1.807) is 24.3 Å². The number of likely N-dealkylation sites (tertiary alicyclic amines) is 1. The number of amides is 1. The molecule has 2 heterocycles. The number of nitrogens with zero attached hydrogens (tertiary/aromatic N) is 2. The highest BCUT2D eigenvalue weighted by molar-refractivity contribution is 6.03. The number of fused-ring (bicyclic) bond motifs is 1. The molecular formula is C24H28FN4O4. The second-order valence-electron chi connectivity index (χ2n) is 7.92. The number of nitrogens with one attached hydrogen (secondary N) is 1. The molecule has 0 atom stereocenters. The molecule has 0 unspecified atom stereocenters. The Balaban J connectivity index is 1.38. The van der Waals surface area contributed by atoms with E-state index in [-0.39, 0.29) is 17.5 Å². The maximum absolute atomic E-state index is 14.5. The number of anilines is 1. The van der Waals surface area contributed by atoms with Gasteiger partial charge in [-0.2, -0.15) is 9.37 Å². The highest BCUT2D eigenvalue weighted by Gasteiger charge is 2.23. The van der Waals surface area contributed by atoms with Crippen molar-refractivity contribution in [1.82, 2.24) is 9.88 Å². The molecule has 0 bridgehead atoms. The highest BCUT2D eigenvalue weighted by Crippen LogP contribution is 2.30. The molecule has 1 saturated heterocycles. The molecule has 1 amide bonds. The summed E-state index contributed by atoms with van der Waals surface area (Å²) in [6.45, 7) is 6.80. The molecule has 3 N–H and O–H groups in total. The number of benzene rings is 2. The van der Waals surface area contributed by atoms with Crippen LogP contribution in [0.15, 0.2) is 28.7 Å². The number of nitrogens with two attached hydrogens (primary N) is 1. The molecule has 9 heteroatoms. The van der Waals surface area contributed by atoms with Gasteiger partial charge in [0.1, 0.15) is 5.52 Å². The third kappa shape index (κ3) is 5.19. The average Bonchev–Trinajstić information content (AvgIpc) is 3.21. The van der Waals surface area contributed by atoms with Crippen molar-refractivity contribution in [2.75, 3.05) is 31.6 Å². The first-order chi connectivity index (χ1) is 16.0. The Hall–Kier alpha value is -3.33. The molecule has 2 aromatic carbocycles. The second kappa shape index (κ2) is 10.1. The Kier molecular flexibility index (Phi) is 6.98. The molecule has 8 nitrogen and oxygen atoms in total. The Labute approximate surface area is 191 Å². The fourth-order valence-corrected chi connectivity index (χ4v) is 4.05. The van der Waals surface area contributed by atoms with E-state index >= 15 is 0 Å². The first-order valence-corrected chi connectivity index (χ1v) is 11.2. The predicted molar refractivity (Wildman–Crippen MR) is 122 cm³/mol. The van der Waals surface area contributed by atoms with Gasteiger partial charge in [0.05, 0.1) is 18.8 Å². The van der Waals surface area contributed by atoms with Crippen molar-refractivity contribution >= 4 is 23.0 Å². The van der Waals surface area contributed by atoms with Crippen molar-refractivity contribution in [3.05, 3.63) is 47.3 Å². The number of carbonyl (C=O) groups is 1. The van der Waals surface area contributed by atoms with Crippen LogP contribution >= 0.6 is 0 Å². The van der Waals surface area contributed by atoms with Crippen molar-refractivity contribution in [2.45, 2.75) is 39.3 Å². The summed E-state index contributed by atoms with van der Waals surface area (Å²) >= 11 is 0. The summed E-state index contributed by atoms with van der Waals surface area (Å²) in [6, 6.07) is 10.1. The van der Waals surface area contributed by atoms with E-state index in [0.717, 1.165) is 31.5 Å². The van der Waals surface area contributed by atoms with E-state index in [4.69, 9.17) is 19.6 Å². The van der Waals surface area contributed by atoms with Crippen LogP contribution < -0.4 is 20.5 Å². The fourth-order valence-electron chi connectivity index (χ4n) is 4.05. The Bertz CT molecular complexity index is 1100. The van der Waals surface area contributed by atoms with Crippen molar-refractivity contribution < 1.29 is 23.1 Å². The summed E-state index contributed by atoms with van der Waals surface area (Å²) in [7, 11) is 0. The fraction of sp³-hybridized carbons (Fsp3) is 0.417. The summed E-state index contributed by atoms with van der Waals surface area (Å²) in [5.41, 5.74) is 7.49. The van der Waals surface area contributed by atoms with Crippen molar-refractivity contribution in [3.8, 4) is 11.5 Å². The zero-order valence-electron chi connectivity index (χ0n) is 18.8. The number of rotatable bonds is 9. The number of ether oxygens (including phenoxy) is 2. The first-order valence-electron chi connectivity index (χ1n) is 11.2. The normalized spacial score (nSPS) is 15.0. The summed E-state index contributed by atoms with van der Waals surface area (Å²) in [6.07, 6.45) is 1.76. The summed E-state index contributed by atoms with van der Waals surface area (Å²) < 4.78 is 31.1. The third-order valence-electron chi connectivity index (χ3n) is 5.60. The number of carbonyl (C=O) groups excluding carboxylic acids is 1. The number of hydrogen-bond donors (Lipinski definition) is 2. The SMILES string of the molecule is CCOc1cc(CN2CCC(Nc3nc4c(C(N)=O)cc[c]c4o3)CC2)cc(OCC)c1F. The largest absolute Gasteiger partial charge is 0.491 e. The van der Waals surface area contributed by atoms with Crippen LogP contribution in [0.4, 0.5) is 10.4 Å². The Morgan fingerprint density at radius 2 is 1.94 bits per heavy atom. The van der Waals surface area contributed by atoms with Gasteiger partial charge in [-0.05, 0) is 56.5 Å². The van der Waals surface area contributed by atoms with Gasteiger partial charge in [-0.3, -0.25) is 9.69 Å². The Morgan fingerprint density at radius 3 is 2.55 bits per heavy atom. The molecular weight excluding hydrogens is 427 g/mol. The number of hydrogen-bond acceptors (Lipinski definition) is 7. The minimum absolute atomic E-state index is 0.178. The van der Waals surface area contributed by atoms with Gasteiger partial charge < -0.3 is 24.9 Å². The summed E-state index contributed by atoms with van der Waals surface area (Å²) in [5.74, 6) is -0.570. The van der Waals surface area contributed by atoms with E-state index in [1.165, 1.54) is 0 Å². The lowest BCUT2D eigenvalue weighted by Crippen LogP contribution is -2.38. The van der Waals surface area contributed by atoms with Gasteiger partial charge >= 0.3 is 0 Å². The van der Waals surface area contributed by atoms with Crippen LogP contribution in [0.25, 0.3) is 11.1 Å². The number of piperidine rings is 1. The molecule has 33 heavy (non-hydrogen) atoms. The van der Waals surface area contributed by atoms with Gasteiger partial charge in [0.15, 0.2) is 17.1 Å².